The third-order valence-corrected chi connectivity index (χ3v) is 9.15. The number of hydrogen-bond acceptors (Lipinski definition) is 11. The fourth-order valence-corrected chi connectivity index (χ4v) is 6.35. The standard InChI is InChI=1S/C38H50N4O10/c1-7-49-31-16-26(35(45)41(6)19-25-9-8-14-48-21-25)11-13-30(31)34(44)39-18-33(43)38(47)17-27-10-12-29(50-22-32-24(2)40-23-51-32)15-28(27)20-42(38)36(46)52-37(3,4)5/h10-13,15-16,23,25,33,43,47H,7-9,14,17-22H2,1-6H3,(H,39,44)/t25?,33-,38+/m1/s1. The van der Waals surface area contributed by atoms with Gasteiger partial charge in [0.2, 0.25) is 0 Å². The van der Waals surface area contributed by atoms with Crippen LogP contribution in [0, 0.1) is 12.8 Å². The Labute approximate surface area is 304 Å². The van der Waals surface area contributed by atoms with Crippen LogP contribution in [0.1, 0.15) is 83.8 Å². The molecule has 3 amide bonds. The second kappa shape index (κ2) is 16.3. The second-order valence-corrected chi connectivity index (χ2v) is 14.3. The van der Waals surface area contributed by atoms with Crippen LogP contribution in [0.5, 0.6) is 11.5 Å². The number of amides is 3. The number of aromatic nitrogens is 1. The van der Waals surface area contributed by atoms with E-state index in [1.54, 1.807) is 63.9 Å². The molecular weight excluding hydrogens is 672 g/mol. The lowest BCUT2D eigenvalue weighted by atomic mass is 9.87. The lowest BCUT2D eigenvalue weighted by Gasteiger charge is -2.46. The number of aliphatic hydroxyl groups excluding tert-OH is 1. The van der Waals surface area contributed by atoms with E-state index in [9.17, 15) is 24.6 Å². The molecule has 3 N–H and O–H groups in total. The van der Waals surface area contributed by atoms with Crippen molar-refractivity contribution in [3.05, 3.63) is 76.5 Å². The molecule has 14 nitrogen and oxygen atoms in total. The maximum absolute atomic E-state index is 13.5. The van der Waals surface area contributed by atoms with Crippen molar-refractivity contribution in [3.63, 3.8) is 0 Å². The number of benzene rings is 2. The number of fused-ring (bicyclic) bond motifs is 1. The summed E-state index contributed by atoms with van der Waals surface area (Å²) in [5.41, 5.74) is -0.446. The number of hydrogen-bond donors (Lipinski definition) is 3. The minimum absolute atomic E-state index is 0.101. The minimum Gasteiger partial charge on any atom is -0.493 e. The number of carbonyl (C=O) groups is 3. The molecule has 0 saturated carbocycles. The molecular formula is C38H50N4O10. The zero-order chi connectivity index (χ0) is 37.6. The van der Waals surface area contributed by atoms with Crippen molar-refractivity contribution in [2.75, 3.05) is 40.0 Å². The molecule has 0 radical (unpaired) electrons. The van der Waals surface area contributed by atoms with E-state index < -0.39 is 36.0 Å². The van der Waals surface area contributed by atoms with Gasteiger partial charge in [-0.05, 0) is 94.8 Å². The van der Waals surface area contributed by atoms with Gasteiger partial charge in [0.25, 0.3) is 11.8 Å². The molecule has 0 bridgehead atoms. The molecule has 2 aliphatic rings. The average molecular weight is 723 g/mol. The normalized spacial score (nSPS) is 19.3. The van der Waals surface area contributed by atoms with Gasteiger partial charge < -0.3 is 43.8 Å². The first kappa shape index (κ1) is 38.6. The lowest BCUT2D eigenvalue weighted by molar-refractivity contribution is -0.177. The molecule has 14 heteroatoms. The molecule has 0 spiro atoms. The smallest absolute Gasteiger partial charge is 0.412 e. The highest BCUT2D eigenvalue weighted by atomic mass is 16.6. The van der Waals surface area contributed by atoms with Crippen LogP contribution in [0.2, 0.25) is 0 Å². The van der Waals surface area contributed by atoms with Crippen LogP contribution in [-0.2, 0) is 29.0 Å². The van der Waals surface area contributed by atoms with E-state index in [0.29, 0.717) is 47.0 Å². The predicted molar refractivity (Wildman–Crippen MR) is 189 cm³/mol. The van der Waals surface area contributed by atoms with Gasteiger partial charge in [0.1, 0.15) is 29.8 Å². The summed E-state index contributed by atoms with van der Waals surface area (Å²) < 4.78 is 28.2. The van der Waals surface area contributed by atoms with Gasteiger partial charge >= 0.3 is 6.09 Å². The first-order chi connectivity index (χ1) is 24.7. The van der Waals surface area contributed by atoms with E-state index in [1.165, 1.54) is 18.5 Å². The summed E-state index contributed by atoms with van der Waals surface area (Å²) in [6, 6.07) is 9.85. The summed E-state index contributed by atoms with van der Waals surface area (Å²) in [6.45, 7) is 10.5. The predicted octanol–water partition coefficient (Wildman–Crippen LogP) is 4.23. The molecule has 1 aromatic heterocycles. The van der Waals surface area contributed by atoms with E-state index in [0.717, 1.165) is 24.3 Å². The van der Waals surface area contributed by atoms with Crippen molar-refractivity contribution in [1.82, 2.24) is 20.1 Å². The Morgan fingerprint density at radius 2 is 1.94 bits per heavy atom. The fraction of sp³-hybridized carbons (Fsp3) is 0.526. The summed E-state index contributed by atoms with van der Waals surface area (Å²) in [5.74, 6) is 0.753. The van der Waals surface area contributed by atoms with Crippen LogP contribution in [0.15, 0.2) is 47.2 Å². The molecule has 2 aliphatic heterocycles. The number of carbonyl (C=O) groups excluding carboxylic acids is 3. The first-order valence-electron chi connectivity index (χ1n) is 17.6. The van der Waals surface area contributed by atoms with E-state index >= 15 is 0 Å². The van der Waals surface area contributed by atoms with Crippen LogP contribution in [0.3, 0.4) is 0 Å². The number of nitrogens with one attached hydrogen (secondary N) is 1. The van der Waals surface area contributed by atoms with Crippen molar-refractivity contribution in [3.8, 4) is 11.5 Å². The number of nitrogens with zero attached hydrogens (tertiary/aromatic N) is 3. The molecule has 282 valence electrons. The molecule has 3 aromatic rings. The van der Waals surface area contributed by atoms with Crippen LogP contribution in [-0.4, -0.2) is 100 Å². The van der Waals surface area contributed by atoms with Gasteiger partial charge in [0.15, 0.2) is 17.9 Å². The Hall–Kier alpha value is -4.66. The average Bonchev–Trinajstić information content (AvgIpc) is 3.52. The molecule has 3 atom stereocenters. The number of rotatable bonds is 12. The van der Waals surface area contributed by atoms with Crippen molar-refractivity contribution in [2.45, 2.75) is 84.5 Å². The van der Waals surface area contributed by atoms with Crippen LogP contribution < -0.4 is 14.8 Å². The van der Waals surface area contributed by atoms with Crippen molar-refractivity contribution >= 4 is 17.9 Å². The number of aryl methyl sites for hydroxylation is 1. The fourth-order valence-electron chi connectivity index (χ4n) is 6.35. The Balaban J connectivity index is 1.30. The lowest BCUT2D eigenvalue weighted by Crippen LogP contribution is -2.64. The van der Waals surface area contributed by atoms with Gasteiger partial charge in [-0.25, -0.2) is 9.78 Å². The molecule has 52 heavy (non-hydrogen) atoms. The van der Waals surface area contributed by atoms with Gasteiger partial charge in [-0.1, -0.05) is 6.07 Å². The highest BCUT2D eigenvalue weighted by Crippen LogP contribution is 2.35. The van der Waals surface area contributed by atoms with Gasteiger partial charge in [0, 0.05) is 38.7 Å². The number of oxazole rings is 1. The second-order valence-electron chi connectivity index (χ2n) is 14.3. The Morgan fingerprint density at radius 1 is 1.15 bits per heavy atom. The molecule has 0 aliphatic carbocycles. The topological polar surface area (TPSA) is 173 Å². The maximum atomic E-state index is 13.5. The van der Waals surface area contributed by atoms with E-state index in [2.05, 4.69) is 10.3 Å². The van der Waals surface area contributed by atoms with Gasteiger partial charge in [-0.3, -0.25) is 14.5 Å². The summed E-state index contributed by atoms with van der Waals surface area (Å²) in [4.78, 5) is 47.1. The molecule has 2 aromatic carbocycles. The SMILES string of the molecule is CCOc1cc(C(=O)N(C)CC2CCCOC2)ccc1C(=O)NC[C@@H](O)[C@@]1(O)Cc2ccc(OCc3ocnc3C)cc2CN1C(=O)OC(C)(C)C. The zero-order valence-electron chi connectivity index (χ0n) is 30.8. The summed E-state index contributed by atoms with van der Waals surface area (Å²) in [7, 11) is 1.74. The van der Waals surface area contributed by atoms with Crippen LogP contribution in [0.4, 0.5) is 4.79 Å². The minimum atomic E-state index is -2.14. The Bertz CT molecular complexity index is 1730. The van der Waals surface area contributed by atoms with Crippen molar-refractivity contribution in [2.24, 2.45) is 5.92 Å². The van der Waals surface area contributed by atoms with Crippen molar-refractivity contribution in [1.29, 1.82) is 0 Å². The number of aliphatic hydroxyl groups is 2. The Morgan fingerprint density at radius 3 is 2.62 bits per heavy atom. The molecule has 1 unspecified atom stereocenters. The maximum Gasteiger partial charge on any atom is 0.412 e. The molecule has 3 heterocycles. The van der Waals surface area contributed by atoms with Crippen LogP contribution >= 0.6 is 0 Å². The third kappa shape index (κ3) is 9.22. The first-order valence-corrected chi connectivity index (χ1v) is 17.6. The number of ether oxygens (including phenoxy) is 4. The highest BCUT2D eigenvalue weighted by Gasteiger charge is 2.49. The van der Waals surface area contributed by atoms with E-state index in [-0.39, 0.29) is 49.3 Å². The highest BCUT2D eigenvalue weighted by molar-refractivity contribution is 6.00. The van der Waals surface area contributed by atoms with E-state index in [1.807, 2.05) is 6.92 Å². The summed E-state index contributed by atoms with van der Waals surface area (Å²) in [5, 5.41) is 26.2. The van der Waals surface area contributed by atoms with Gasteiger partial charge in [-0.15, -0.1) is 0 Å². The third-order valence-electron chi connectivity index (χ3n) is 9.15. The summed E-state index contributed by atoms with van der Waals surface area (Å²) in [6.07, 6.45) is 0.684. The van der Waals surface area contributed by atoms with Crippen LogP contribution in [0.25, 0.3) is 0 Å². The molecule has 5 rings (SSSR count). The molecule has 1 fully saturated rings. The van der Waals surface area contributed by atoms with Gasteiger partial charge in [0.05, 0.1) is 31.0 Å². The molecule has 1 saturated heterocycles. The van der Waals surface area contributed by atoms with Crippen molar-refractivity contribution < 1.29 is 48.0 Å². The summed E-state index contributed by atoms with van der Waals surface area (Å²) >= 11 is 0. The monoisotopic (exact) mass is 722 g/mol. The quantitative estimate of drug-likeness (QED) is 0.244. The largest absolute Gasteiger partial charge is 0.493 e. The Kier molecular flexibility index (Phi) is 12.1. The van der Waals surface area contributed by atoms with Gasteiger partial charge in [-0.2, -0.15) is 0 Å². The van der Waals surface area contributed by atoms with E-state index in [4.69, 9.17) is 23.4 Å². The zero-order valence-corrected chi connectivity index (χ0v) is 30.8.